The summed E-state index contributed by atoms with van der Waals surface area (Å²) in [6.45, 7) is 4.27. The molecule has 0 saturated carbocycles. The van der Waals surface area contributed by atoms with Crippen molar-refractivity contribution in [1.82, 2.24) is 5.32 Å². The van der Waals surface area contributed by atoms with Crippen molar-refractivity contribution in [2.75, 3.05) is 13.2 Å². The lowest BCUT2D eigenvalue weighted by Gasteiger charge is -2.15. The number of nitrogens with one attached hydrogen (secondary N) is 1. The molecule has 86 valence electrons. The van der Waals surface area contributed by atoms with Crippen LogP contribution in [0.4, 0.5) is 0 Å². The van der Waals surface area contributed by atoms with Gasteiger partial charge in [0.05, 0.1) is 6.61 Å². The van der Waals surface area contributed by atoms with Crippen LogP contribution in [-0.4, -0.2) is 37.2 Å². The number of hydrogen-bond donors (Lipinski definition) is 1. The third-order valence-corrected chi connectivity index (χ3v) is 2.22. The predicted molar refractivity (Wildman–Crippen MR) is 53.2 cm³/mol. The zero-order chi connectivity index (χ0) is 11.3. The number of carbonyl (C=O) groups is 2. The second kappa shape index (κ2) is 5.70. The Bertz CT molecular complexity index is 236. The highest BCUT2D eigenvalue weighted by molar-refractivity contribution is 5.86. The van der Waals surface area contributed by atoms with Crippen molar-refractivity contribution in [3.05, 3.63) is 0 Å². The third kappa shape index (κ3) is 3.51. The van der Waals surface area contributed by atoms with Crippen LogP contribution in [0.5, 0.6) is 0 Å². The second-order valence-corrected chi connectivity index (χ2v) is 3.48. The molecular formula is C10H17NO4. The Hall–Kier alpha value is -1.10. The van der Waals surface area contributed by atoms with Gasteiger partial charge in [0.2, 0.25) is 5.91 Å². The molecule has 0 spiro atoms. The predicted octanol–water partition coefficient (Wildman–Crippen LogP) is 0.233. The molecule has 0 aromatic heterocycles. The first kappa shape index (κ1) is 12.0. The van der Waals surface area contributed by atoms with E-state index in [1.165, 1.54) is 0 Å². The molecule has 1 fully saturated rings. The number of carbonyl (C=O) groups excluding carboxylic acids is 2. The van der Waals surface area contributed by atoms with E-state index in [-0.39, 0.29) is 5.91 Å². The van der Waals surface area contributed by atoms with Crippen molar-refractivity contribution in [3.8, 4) is 0 Å². The molecule has 1 heterocycles. The van der Waals surface area contributed by atoms with Crippen molar-refractivity contribution >= 4 is 11.9 Å². The van der Waals surface area contributed by atoms with E-state index in [1.54, 1.807) is 13.8 Å². The van der Waals surface area contributed by atoms with Crippen LogP contribution in [0.15, 0.2) is 0 Å². The van der Waals surface area contributed by atoms with Gasteiger partial charge in [-0.25, -0.2) is 4.79 Å². The van der Waals surface area contributed by atoms with E-state index in [2.05, 4.69) is 5.32 Å². The van der Waals surface area contributed by atoms with Crippen LogP contribution in [0.2, 0.25) is 0 Å². The summed E-state index contributed by atoms with van der Waals surface area (Å²) in [5.41, 5.74) is 0. The molecule has 0 radical (unpaired) electrons. The summed E-state index contributed by atoms with van der Waals surface area (Å²) in [4.78, 5) is 22.7. The van der Waals surface area contributed by atoms with Gasteiger partial charge in [-0.1, -0.05) is 0 Å². The van der Waals surface area contributed by atoms with E-state index in [9.17, 15) is 9.59 Å². The fraction of sp³-hybridized carbons (Fsp3) is 0.800. The average molecular weight is 215 g/mol. The van der Waals surface area contributed by atoms with Crippen LogP contribution < -0.4 is 5.32 Å². The number of amides is 1. The quantitative estimate of drug-likeness (QED) is 0.682. The fourth-order valence-electron chi connectivity index (χ4n) is 1.42. The molecule has 1 amide bonds. The van der Waals surface area contributed by atoms with E-state index in [0.717, 1.165) is 12.8 Å². The first-order chi connectivity index (χ1) is 7.15. The summed E-state index contributed by atoms with van der Waals surface area (Å²) < 4.78 is 9.96. The third-order valence-electron chi connectivity index (χ3n) is 2.22. The SMILES string of the molecule is CCOC(=O)C(C)NC(=O)C1CCCO1. The molecule has 5 nitrogen and oxygen atoms in total. The van der Waals surface area contributed by atoms with Crippen LogP contribution in [0, 0.1) is 0 Å². The smallest absolute Gasteiger partial charge is 0.328 e. The normalized spacial score (nSPS) is 22.1. The van der Waals surface area contributed by atoms with Gasteiger partial charge in [-0.2, -0.15) is 0 Å². The van der Waals surface area contributed by atoms with Gasteiger partial charge >= 0.3 is 5.97 Å². The van der Waals surface area contributed by atoms with Gasteiger partial charge in [-0.3, -0.25) is 4.79 Å². The summed E-state index contributed by atoms with van der Waals surface area (Å²) in [5.74, 6) is -0.642. The molecule has 0 aromatic carbocycles. The molecule has 1 N–H and O–H groups in total. The lowest BCUT2D eigenvalue weighted by Crippen LogP contribution is -2.44. The summed E-state index contributed by atoms with van der Waals surface area (Å²) in [6, 6.07) is -0.610. The Morgan fingerprint density at radius 3 is 2.87 bits per heavy atom. The van der Waals surface area contributed by atoms with Gasteiger partial charge in [0, 0.05) is 6.61 Å². The summed E-state index contributed by atoms with van der Waals surface area (Å²) in [6.07, 6.45) is 1.22. The van der Waals surface area contributed by atoms with Crippen LogP contribution >= 0.6 is 0 Å². The molecule has 1 aliphatic rings. The molecule has 0 aromatic rings. The lowest BCUT2D eigenvalue weighted by atomic mass is 10.2. The zero-order valence-corrected chi connectivity index (χ0v) is 9.12. The highest BCUT2D eigenvalue weighted by atomic mass is 16.5. The molecule has 0 bridgehead atoms. The van der Waals surface area contributed by atoms with Crippen LogP contribution in [-0.2, 0) is 19.1 Å². The second-order valence-electron chi connectivity index (χ2n) is 3.48. The highest BCUT2D eigenvalue weighted by Crippen LogP contribution is 2.11. The van der Waals surface area contributed by atoms with Gasteiger partial charge in [-0.05, 0) is 26.7 Å². The molecule has 1 saturated heterocycles. The molecule has 15 heavy (non-hydrogen) atoms. The average Bonchev–Trinajstić information content (AvgIpc) is 2.70. The maximum Gasteiger partial charge on any atom is 0.328 e. The van der Waals surface area contributed by atoms with Crippen LogP contribution in [0.1, 0.15) is 26.7 Å². The molecule has 1 aliphatic heterocycles. The Morgan fingerprint density at radius 2 is 2.33 bits per heavy atom. The maximum atomic E-state index is 11.5. The first-order valence-electron chi connectivity index (χ1n) is 5.23. The summed E-state index contributed by atoms with van der Waals surface area (Å²) in [7, 11) is 0. The Morgan fingerprint density at radius 1 is 1.60 bits per heavy atom. The molecule has 2 atom stereocenters. The van der Waals surface area contributed by atoms with E-state index in [1.807, 2.05) is 0 Å². The van der Waals surface area contributed by atoms with Crippen molar-refractivity contribution in [1.29, 1.82) is 0 Å². The van der Waals surface area contributed by atoms with Crippen molar-refractivity contribution in [3.63, 3.8) is 0 Å². The number of hydrogen-bond acceptors (Lipinski definition) is 4. The van der Waals surface area contributed by atoms with E-state index in [0.29, 0.717) is 13.2 Å². The van der Waals surface area contributed by atoms with E-state index < -0.39 is 18.1 Å². The van der Waals surface area contributed by atoms with Gasteiger partial charge in [0.1, 0.15) is 12.1 Å². The minimum Gasteiger partial charge on any atom is -0.464 e. The van der Waals surface area contributed by atoms with Gasteiger partial charge in [-0.15, -0.1) is 0 Å². The van der Waals surface area contributed by atoms with Crippen LogP contribution in [0.25, 0.3) is 0 Å². The Kier molecular flexibility index (Phi) is 4.55. The molecule has 2 unspecified atom stereocenters. The van der Waals surface area contributed by atoms with E-state index >= 15 is 0 Å². The topological polar surface area (TPSA) is 64.6 Å². The zero-order valence-electron chi connectivity index (χ0n) is 9.12. The molecule has 5 heteroatoms. The minimum absolute atomic E-state index is 0.229. The van der Waals surface area contributed by atoms with Gasteiger partial charge in [0.15, 0.2) is 0 Å². The standard InChI is InChI=1S/C10H17NO4/c1-3-14-10(13)7(2)11-9(12)8-5-4-6-15-8/h7-8H,3-6H2,1-2H3,(H,11,12). The maximum absolute atomic E-state index is 11.5. The van der Waals surface area contributed by atoms with Crippen molar-refractivity contribution in [2.24, 2.45) is 0 Å². The monoisotopic (exact) mass is 215 g/mol. The molecule has 0 aliphatic carbocycles. The van der Waals surface area contributed by atoms with Crippen molar-refractivity contribution in [2.45, 2.75) is 38.8 Å². The molecule has 1 rings (SSSR count). The Labute approximate surface area is 89.1 Å². The minimum atomic E-state index is -0.610. The number of rotatable bonds is 4. The van der Waals surface area contributed by atoms with Gasteiger partial charge < -0.3 is 14.8 Å². The first-order valence-corrected chi connectivity index (χ1v) is 5.23. The van der Waals surface area contributed by atoms with E-state index in [4.69, 9.17) is 9.47 Å². The summed E-state index contributed by atoms with van der Waals surface area (Å²) in [5, 5.41) is 2.57. The number of esters is 1. The molecular weight excluding hydrogens is 198 g/mol. The summed E-state index contributed by atoms with van der Waals surface area (Å²) >= 11 is 0. The largest absolute Gasteiger partial charge is 0.464 e. The van der Waals surface area contributed by atoms with Crippen molar-refractivity contribution < 1.29 is 19.1 Å². The lowest BCUT2D eigenvalue weighted by molar-refractivity contribution is -0.148. The Balaban J connectivity index is 2.33. The highest BCUT2D eigenvalue weighted by Gasteiger charge is 2.26. The van der Waals surface area contributed by atoms with Gasteiger partial charge in [0.25, 0.3) is 0 Å². The number of ether oxygens (including phenoxy) is 2. The van der Waals surface area contributed by atoms with Crippen LogP contribution in [0.3, 0.4) is 0 Å². The fourth-order valence-corrected chi connectivity index (χ4v) is 1.42.